The number of methoxy groups -OCH3 is 1. The van der Waals surface area contributed by atoms with E-state index in [9.17, 15) is 8.78 Å². The van der Waals surface area contributed by atoms with Crippen LogP contribution in [0.25, 0.3) is 0 Å². The number of halogens is 3. The van der Waals surface area contributed by atoms with Crippen molar-refractivity contribution in [2.24, 2.45) is 0 Å². The summed E-state index contributed by atoms with van der Waals surface area (Å²) in [6, 6.07) is 1.20. The molecule has 5 heteroatoms. The molecule has 0 atom stereocenters. The Balaban J connectivity index is 3.08. The van der Waals surface area contributed by atoms with Crippen molar-refractivity contribution in [3.05, 3.63) is 22.3 Å². The highest BCUT2D eigenvalue weighted by molar-refractivity contribution is 9.10. The van der Waals surface area contributed by atoms with Crippen molar-refractivity contribution in [1.29, 1.82) is 0 Å². The molecule has 0 N–H and O–H groups in total. The summed E-state index contributed by atoms with van der Waals surface area (Å²) in [5.41, 5.74) is -0.109. The van der Waals surface area contributed by atoms with Crippen LogP contribution in [0.4, 0.5) is 8.78 Å². The highest BCUT2D eigenvalue weighted by Crippen LogP contribution is 2.28. The summed E-state index contributed by atoms with van der Waals surface area (Å²) < 4.78 is 29.4. The molecule has 0 aliphatic rings. The molecular formula is C7H6BrF2NO. The fourth-order valence-corrected chi connectivity index (χ4v) is 1.10. The molecule has 0 amide bonds. The Kier molecular flexibility index (Phi) is 2.97. The van der Waals surface area contributed by atoms with E-state index in [-0.39, 0.29) is 11.4 Å². The van der Waals surface area contributed by atoms with Crippen LogP contribution in [0, 0.1) is 0 Å². The van der Waals surface area contributed by atoms with E-state index in [1.807, 2.05) is 0 Å². The predicted molar refractivity (Wildman–Crippen MR) is 43.4 cm³/mol. The minimum Gasteiger partial charge on any atom is -0.481 e. The molecule has 1 aromatic rings. The second-order valence-electron chi connectivity index (χ2n) is 2.05. The summed E-state index contributed by atoms with van der Waals surface area (Å²) in [5.74, 6) is 0.188. The second kappa shape index (κ2) is 3.80. The van der Waals surface area contributed by atoms with Crippen molar-refractivity contribution in [2.75, 3.05) is 7.11 Å². The summed E-state index contributed by atoms with van der Waals surface area (Å²) in [4.78, 5) is 3.74. The quantitative estimate of drug-likeness (QED) is 0.790. The van der Waals surface area contributed by atoms with Gasteiger partial charge < -0.3 is 4.74 Å². The maximum Gasteiger partial charge on any atom is 0.265 e. The van der Waals surface area contributed by atoms with Crippen molar-refractivity contribution >= 4 is 15.9 Å². The minimum atomic E-state index is -2.52. The summed E-state index contributed by atoms with van der Waals surface area (Å²) in [5, 5.41) is 0. The van der Waals surface area contributed by atoms with Gasteiger partial charge in [0.05, 0.1) is 7.11 Å². The van der Waals surface area contributed by atoms with Gasteiger partial charge in [0.2, 0.25) is 5.88 Å². The lowest BCUT2D eigenvalue weighted by Crippen LogP contribution is -1.92. The summed E-state index contributed by atoms with van der Waals surface area (Å²) in [6.07, 6.45) is -1.23. The first-order valence-corrected chi connectivity index (χ1v) is 3.92. The number of pyridine rings is 1. The average Bonchev–Trinajstić information content (AvgIpc) is 2.05. The van der Waals surface area contributed by atoms with Crippen LogP contribution in [0.3, 0.4) is 0 Å². The van der Waals surface area contributed by atoms with Gasteiger partial charge in [0.1, 0.15) is 0 Å². The Hall–Kier alpha value is -0.710. The highest BCUT2D eigenvalue weighted by atomic mass is 79.9. The van der Waals surface area contributed by atoms with Crippen LogP contribution in [-0.2, 0) is 0 Å². The first-order chi connectivity index (χ1) is 5.65. The fraction of sp³-hybridized carbons (Fsp3) is 0.286. The maximum absolute atomic E-state index is 12.2. The molecule has 0 unspecified atom stereocenters. The number of hydrogen-bond donors (Lipinski definition) is 0. The monoisotopic (exact) mass is 237 g/mol. The zero-order chi connectivity index (χ0) is 9.14. The molecule has 0 bridgehead atoms. The van der Waals surface area contributed by atoms with E-state index in [2.05, 4.69) is 20.9 Å². The Labute approximate surface area is 76.7 Å². The van der Waals surface area contributed by atoms with Gasteiger partial charge in [0, 0.05) is 22.3 Å². The molecule has 1 aromatic heterocycles. The summed E-state index contributed by atoms with van der Waals surface area (Å²) in [6.45, 7) is 0. The predicted octanol–water partition coefficient (Wildman–Crippen LogP) is 2.79. The molecule has 66 valence electrons. The fourth-order valence-electron chi connectivity index (χ4n) is 0.713. The van der Waals surface area contributed by atoms with Crippen molar-refractivity contribution in [1.82, 2.24) is 4.98 Å². The smallest absolute Gasteiger partial charge is 0.265 e. The van der Waals surface area contributed by atoms with Crippen LogP contribution in [0.15, 0.2) is 16.7 Å². The molecule has 0 saturated carbocycles. The minimum absolute atomic E-state index is 0.109. The lowest BCUT2D eigenvalue weighted by Gasteiger charge is -2.04. The zero-order valence-corrected chi connectivity index (χ0v) is 7.81. The van der Waals surface area contributed by atoms with Crippen LogP contribution < -0.4 is 4.74 Å². The molecule has 0 fully saturated rings. The summed E-state index contributed by atoms with van der Waals surface area (Å²) in [7, 11) is 1.38. The molecule has 2 nitrogen and oxygen atoms in total. The topological polar surface area (TPSA) is 22.1 Å². The van der Waals surface area contributed by atoms with Crippen LogP contribution >= 0.6 is 15.9 Å². The zero-order valence-electron chi connectivity index (χ0n) is 6.22. The van der Waals surface area contributed by atoms with Gasteiger partial charge in [-0.2, -0.15) is 0 Å². The average molecular weight is 238 g/mol. The van der Waals surface area contributed by atoms with Crippen LogP contribution in [-0.4, -0.2) is 12.1 Å². The van der Waals surface area contributed by atoms with E-state index in [0.717, 1.165) is 0 Å². The third kappa shape index (κ3) is 1.91. The van der Waals surface area contributed by atoms with Crippen molar-refractivity contribution < 1.29 is 13.5 Å². The Morgan fingerprint density at radius 1 is 1.58 bits per heavy atom. The molecule has 12 heavy (non-hydrogen) atoms. The normalized spacial score (nSPS) is 10.4. The van der Waals surface area contributed by atoms with Gasteiger partial charge in [-0.15, -0.1) is 0 Å². The molecule has 0 aromatic carbocycles. The third-order valence-electron chi connectivity index (χ3n) is 1.30. The van der Waals surface area contributed by atoms with Gasteiger partial charge in [-0.1, -0.05) is 0 Å². The number of nitrogens with zero attached hydrogens (tertiary/aromatic N) is 1. The second-order valence-corrected chi connectivity index (χ2v) is 2.90. The lowest BCUT2D eigenvalue weighted by atomic mass is 10.3. The van der Waals surface area contributed by atoms with Gasteiger partial charge in [-0.25, -0.2) is 13.8 Å². The number of alkyl halides is 2. The Bertz CT molecular complexity index is 280. The van der Waals surface area contributed by atoms with Gasteiger partial charge in [0.15, 0.2) is 0 Å². The van der Waals surface area contributed by atoms with E-state index in [1.165, 1.54) is 19.4 Å². The van der Waals surface area contributed by atoms with Gasteiger partial charge >= 0.3 is 0 Å². The molecule has 0 radical (unpaired) electrons. The standard InChI is InChI=1S/C7H6BrF2NO/c1-12-6-2-4(7(9)10)5(8)3-11-6/h2-3,7H,1H3. The van der Waals surface area contributed by atoms with Crippen LogP contribution in [0.5, 0.6) is 5.88 Å². The first kappa shape index (κ1) is 9.38. The van der Waals surface area contributed by atoms with Crippen LogP contribution in [0.2, 0.25) is 0 Å². The van der Waals surface area contributed by atoms with E-state index >= 15 is 0 Å². The van der Waals surface area contributed by atoms with Gasteiger partial charge in [-0.3, -0.25) is 0 Å². The molecular weight excluding hydrogens is 232 g/mol. The Morgan fingerprint density at radius 2 is 2.25 bits per heavy atom. The highest BCUT2D eigenvalue weighted by Gasteiger charge is 2.12. The maximum atomic E-state index is 12.2. The SMILES string of the molecule is COc1cc(C(F)F)c(Br)cn1. The molecule has 0 aliphatic carbocycles. The third-order valence-corrected chi connectivity index (χ3v) is 1.97. The molecule has 1 heterocycles. The lowest BCUT2D eigenvalue weighted by molar-refractivity contribution is 0.150. The van der Waals surface area contributed by atoms with Gasteiger partial charge in [0.25, 0.3) is 6.43 Å². The van der Waals surface area contributed by atoms with E-state index in [0.29, 0.717) is 4.47 Å². The van der Waals surface area contributed by atoms with Crippen molar-refractivity contribution in [2.45, 2.75) is 6.43 Å². The number of ether oxygens (including phenoxy) is 1. The molecule has 0 aliphatic heterocycles. The number of rotatable bonds is 2. The first-order valence-electron chi connectivity index (χ1n) is 3.12. The Morgan fingerprint density at radius 3 is 2.75 bits per heavy atom. The van der Waals surface area contributed by atoms with E-state index in [4.69, 9.17) is 4.74 Å². The summed E-state index contributed by atoms with van der Waals surface area (Å²) >= 11 is 2.96. The molecule has 0 saturated heterocycles. The van der Waals surface area contributed by atoms with Gasteiger partial charge in [-0.05, 0) is 15.9 Å². The largest absolute Gasteiger partial charge is 0.481 e. The van der Waals surface area contributed by atoms with Crippen LogP contribution in [0.1, 0.15) is 12.0 Å². The van der Waals surface area contributed by atoms with E-state index < -0.39 is 6.43 Å². The van der Waals surface area contributed by atoms with Crippen molar-refractivity contribution in [3.63, 3.8) is 0 Å². The molecule has 0 spiro atoms. The molecule has 1 rings (SSSR count). The number of hydrogen-bond acceptors (Lipinski definition) is 2. The van der Waals surface area contributed by atoms with E-state index in [1.54, 1.807) is 0 Å². The van der Waals surface area contributed by atoms with Crippen molar-refractivity contribution in [3.8, 4) is 5.88 Å². The number of aromatic nitrogens is 1.